The number of hydrogen-bond donors (Lipinski definition) is 2. The summed E-state index contributed by atoms with van der Waals surface area (Å²) in [6.45, 7) is 0.443. The predicted octanol–water partition coefficient (Wildman–Crippen LogP) is 5.54. The minimum atomic E-state index is -0.614. The first-order chi connectivity index (χ1) is 14.1. The highest BCUT2D eigenvalue weighted by Gasteiger charge is 2.42. The van der Waals surface area contributed by atoms with Crippen molar-refractivity contribution in [2.24, 2.45) is 0 Å². The molecule has 0 saturated heterocycles. The number of carbonyl (C=O) groups is 1. The standard InChI is InChI=1S/C25H26ClNO2/c26-20-12-10-19(11-13-20)25(15-3-4-16-25)24(29)27-17-14-23(28)22-9-5-7-18-6-1-2-8-21(18)22/h1-2,5-13,23,28H,3-4,14-17H2,(H,27,29). The molecule has 1 atom stereocenters. The molecule has 3 aromatic rings. The third kappa shape index (κ3) is 4.03. The van der Waals surface area contributed by atoms with Gasteiger partial charge in [0.15, 0.2) is 0 Å². The largest absolute Gasteiger partial charge is 0.388 e. The van der Waals surface area contributed by atoms with Gasteiger partial charge in [0.1, 0.15) is 0 Å². The van der Waals surface area contributed by atoms with Crippen molar-refractivity contribution in [1.82, 2.24) is 5.32 Å². The molecule has 29 heavy (non-hydrogen) atoms. The lowest BCUT2D eigenvalue weighted by Gasteiger charge is -2.28. The molecule has 0 aromatic heterocycles. The Morgan fingerprint density at radius 1 is 1.00 bits per heavy atom. The molecule has 3 aromatic carbocycles. The molecule has 1 aliphatic carbocycles. The van der Waals surface area contributed by atoms with Crippen LogP contribution < -0.4 is 5.32 Å². The van der Waals surface area contributed by atoms with Crippen molar-refractivity contribution < 1.29 is 9.90 Å². The van der Waals surface area contributed by atoms with E-state index in [4.69, 9.17) is 11.6 Å². The van der Waals surface area contributed by atoms with Gasteiger partial charge in [0.2, 0.25) is 5.91 Å². The zero-order chi connectivity index (χ0) is 20.3. The Labute approximate surface area is 176 Å². The minimum absolute atomic E-state index is 0.0578. The molecule has 1 unspecified atom stereocenters. The van der Waals surface area contributed by atoms with E-state index in [2.05, 4.69) is 5.32 Å². The molecular weight excluding hydrogens is 382 g/mol. The second kappa shape index (κ2) is 8.56. The third-order valence-corrected chi connectivity index (χ3v) is 6.43. The third-order valence-electron chi connectivity index (χ3n) is 6.17. The zero-order valence-electron chi connectivity index (χ0n) is 16.4. The fourth-order valence-electron chi connectivity index (χ4n) is 4.58. The van der Waals surface area contributed by atoms with Crippen molar-refractivity contribution in [1.29, 1.82) is 0 Å². The smallest absolute Gasteiger partial charge is 0.230 e. The van der Waals surface area contributed by atoms with Crippen molar-refractivity contribution in [2.45, 2.75) is 43.6 Å². The molecule has 1 saturated carbocycles. The van der Waals surface area contributed by atoms with Crippen molar-refractivity contribution in [3.05, 3.63) is 82.9 Å². The molecule has 1 amide bonds. The summed E-state index contributed by atoms with van der Waals surface area (Å²) in [7, 11) is 0. The van der Waals surface area contributed by atoms with Gasteiger partial charge in [-0.3, -0.25) is 4.79 Å². The van der Waals surface area contributed by atoms with Crippen LogP contribution in [0.4, 0.5) is 0 Å². The van der Waals surface area contributed by atoms with Crippen LogP contribution in [0.3, 0.4) is 0 Å². The van der Waals surface area contributed by atoms with Gasteiger partial charge in [-0.25, -0.2) is 0 Å². The summed E-state index contributed by atoms with van der Waals surface area (Å²) >= 11 is 6.03. The van der Waals surface area contributed by atoms with Gasteiger partial charge in [0, 0.05) is 11.6 Å². The number of benzene rings is 3. The minimum Gasteiger partial charge on any atom is -0.388 e. The van der Waals surface area contributed by atoms with E-state index in [-0.39, 0.29) is 5.91 Å². The summed E-state index contributed by atoms with van der Waals surface area (Å²) in [5.74, 6) is 0.0578. The summed E-state index contributed by atoms with van der Waals surface area (Å²) in [6.07, 6.45) is 3.68. The Kier molecular flexibility index (Phi) is 5.89. The highest BCUT2D eigenvalue weighted by molar-refractivity contribution is 6.30. The first-order valence-electron chi connectivity index (χ1n) is 10.3. The van der Waals surface area contributed by atoms with Crippen molar-refractivity contribution in [2.75, 3.05) is 6.54 Å². The molecule has 0 spiro atoms. The maximum atomic E-state index is 13.2. The van der Waals surface area contributed by atoms with Gasteiger partial charge in [0.25, 0.3) is 0 Å². The Hall–Kier alpha value is -2.36. The van der Waals surface area contributed by atoms with Crippen LogP contribution in [-0.4, -0.2) is 17.6 Å². The lowest BCUT2D eigenvalue weighted by atomic mass is 9.78. The molecule has 1 fully saturated rings. The Morgan fingerprint density at radius 2 is 1.69 bits per heavy atom. The van der Waals surface area contributed by atoms with Gasteiger partial charge >= 0.3 is 0 Å². The lowest BCUT2D eigenvalue weighted by Crippen LogP contribution is -2.43. The Balaban J connectivity index is 1.44. The molecule has 150 valence electrons. The van der Waals surface area contributed by atoms with Crippen LogP contribution in [0.15, 0.2) is 66.7 Å². The van der Waals surface area contributed by atoms with Crippen LogP contribution in [0.5, 0.6) is 0 Å². The SMILES string of the molecule is O=C(NCCC(O)c1cccc2ccccc12)C1(c2ccc(Cl)cc2)CCCC1. The lowest BCUT2D eigenvalue weighted by molar-refractivity contribution is -0.126. The molecule has 0 aliphatic heterocycles. The maximum Gasteiger partial charge on any atom is 0.230 e. The number of nitrogens with one attached hydrogen (secondary N) is 1. The number of halogens is 1. The van der Waals surface area contributed by atoms with E-state index in [0.717, 1.165) is 47.6 Å². The molecular formula is C25H26ClNO2. The normalized spacial score (nSPS) is 16.6. The van der Waals surface area contributed by atoms with Gasteiger partial charge in [-0.15, -0.1) is 0 Å². The van der Waals surface area contributed by atoms with Crippen LogP contribution in [-0.2, 0) is 10.2 Å². The molecule has 0 bridgehead atoms. The summed E-state index contributed by atoms with van der Waals surface area (Å²) in [5, 5.41) is 16.7. The van der Waals surface area contributed by atoms with Crippen molar-refractivity contribution in [3.63, 3.8) is 0 Å². The van der Waals surface area contributed by atoms with Gasteiger partial charge in [-0.05, 0) is 53.3 Å². The van der Waals surface area contributed by atoms with Crippen LogP contribution >= 0.6 is 11.6 Å². The van der Waals surface area contributed by atoms with Gasteiger partial charge < -0.3 is 10.4 Å². The molecule has 2 N–H and O–H groups in total. The fourth-order valence-corrected chi connectivity index (χ4v) is 4.71. The van der Waals surface area contributed by atoms with E-state index in [1.807, 2.05) is 66.7 Å². The number of rotatable bonds is 6. The van der Waals surface area contributed by atoms with E-state index in [1.165, 1.54) is 0 Å². The number of hydrogen-bond acceptors (Lipinski definition) is 2. The average Bonchev–Trinajstić information content (AvgIpc) is 3.25. The summed E-state index contributed by atoms with van der Waals surface area (Å²) in [6, 6.07) is 21.7. The summed E-state index contributed by atoms with van der Waals surface area (Å²) in [5.41, 5.74) is 1.46. The van der Waals surface area contributed by atoms with Crippen LogP contribution in [0, 0.1) is 0 Å². The Morgan fingerprint density at radius 3 is 2.45 bits per heavy atom. The number of aliphatic hydroxyl groups excluding tert-OH is 1. The zero-order valence-corrected chi connectivity index (χ0v) is 17.2. The second-order valence-corrected chi connectivity index (χ2v) is 8.36. The first kappa shape index (κ1) is 19.9. The summed E-state index contributed by atoms with van der Waals surface area (Å²) < 4.78 is 0. The van der Waals surface area contributed by atoms with Crippen LogP contribution in [0.2, 0.25) is 5.02 Å². The van der Waals surface area contributed by atoms with E-state index >= 15 is 0 Å². The number of fused-ring (bicyclic) bond motifs is 1. The molecule has 0 heterocycles. The quantitative estimate of drug-likeness (QED) is 0.563. The monoisotopic (exact) mass is 407 g/mol. The number of aliphatic hydroxyl groups is 1. The molecule has 1 aliphatic rings. The van der Waals surface area contributed by atoms with E-state index in [0.29, 0.717) is 18.0 Å². The first-order valence-corrected chi connectivity index (χ1v) is 10.7. The molecule has 0 radical (unpaired) electrons. The van der Waals surface area contributed by atoms with E-state index in [9.17, 15) is 9.90 Å². The highest BCUT2D eigenvalue weighted by atomic mass is 35.5. The highest BCUT2D eigenvalue weighted by Crippen LogP contribution is 2.41. The number of carbonyl (C=O) groups excluding carboxylic acids is 1. The second-order valence-electron chi connectivity index (χ2n) is 7.92. The predicted molar refractivity (Wildman–Crippen MR) is 118 cm³/mol. The molecule has 4 heteroatoms. The topological polar surface area (TPSA) is 49.3 Å². The van der Waals surface area contributed by atoms with E-state index in [1.54, 1.807) is 0 Å². The van der Waals surface area contributed by atoms with E-state index < -0.39 is 11.5 Å². The fraction of sp³-hybridized carbons (Fsp3) is 0.320. The maximum absolute atomic E-state index is 13.2. The molecule has 4 rings (SSSR count). The van der Waals surface area contributed by atoms with Gasteiger partial charge in [-0.2, -0.15) is 0 Å². The van der Waals surface area contributed by atoms with Gasteiger partial charge in [-0.1, -0.05) is 79.0 Å². The Bertz CT molecular complexity index is 988. The summed E-state index contributed by atoms with van der Waals surface area (Å²) in [4.78, 5) is 13.2. The van der Waals surface area contributed by atoms with Crippen LogP contribution in [0.1, 0.15) is 49.3 Å². The van der Waals surface area contributed by atoms with Crippen LogP contribution in [0.25, 0.3) is 10.8 Å². The number of amides is 1. The molecule has 3 nitrogen and oxygen atoms in total. The van der Waals surface area contributed by atoms with Gasteiger partial charge in [0.05, 0.1) is 11.5 Å². The van der Waals surface area contributed by atoms with Crippen molar-refractivity contribution in [3.8, 4) is 0 Å². The average molecular weight is 408 g/mol. The van der Waals surface area contributed by atoms with Crippen molar-refractivity contribution >= 4 is 28.3 Å².